The smallest absolute Gasteiger partial charge is 0.408 e. The summed E-state index contributed by atoms with van der Waals surface area (Å²) in [6, 6.07) is 4.37. The molecule has 1 unspecified atom stereocenters. The van der Waals surface area contributed by atoms with Crippen LogP contribution in [0.15, 0.2) is 29.1 Å². The second kappa shape index (κ2) is 9.16. The van der Waals surface area contributed by atoms with E-state index < -0.39 is 35.0 Å². The van der Waals surface area contributed by atoms with Gasteiger partial charge in [-0.1, -0.05) is 13.8 Å². The number of hydrogen-bond donors (Lipinski definition) is 3. The maximum atomic E-state index is 13.2. The zero-order chi connectivity index (χ0) is 20.8. The first kappa shape index (κ1) is 22.1. The molecule has 0 aliphatic heterocycles. The summed E-state index contributed by atoms with van der Waals surface area (Å²) in [5, 5.41) is 2.95. The fourth-order valence-corrected chi connectivity index (χ4v) is 2.26. The first-order valence-corrected chi connectivity index (χ1v) is 8.65. The average molecular weight is 379 g/mol. The van der Waals surface area contributed by atoms with Crippen molar-refractivity contribution in [2.24, 2.45) is 5.73 Å². The van der Waals surface area contributed by atoms with Crippen LogP contribution >= 0.6 is 0 Å². The molecule has 0 bridgehead atoms. The Labute approximate surface area is 157 Å². The third-order valence-electron chi connectivity index (χ3n) is 3.34. The summed E-state index contributed by atoms with van der Waals surface area (Å²) in [5.74, 6) is -1.28. The Morgan fingerprint density at radius 3 is 2.44 bits per heavy atom. The molecule has 1 atom stereocenters. The number of aromatic nitrogens is 1. The lowest BCUT2D eigenvalue weighted by atomic mass is 10.0. The normalized spacial score (nSPS) is 11.9. The molecule has 1 aromatic heterocycles. The van der Waals surface area contributed by atoms with Gasteiger partial charge in [0.25, 0.3) is 5.56 Å². The van der Waals surface area contributed by atoms with Crippen molar-refractivity contribution in [3.63, 3.8) is 0 Å². The predicted octanol–water partition coefficient (Wildman–Crippen LogP) is 2.61. The number of rotatable bonds is 4. The number of carbonyl (C=O) groups is 2. The Hall–Kier alpha value is -2.90. The summed E-state index contributed by atoms with van der Waals surface area (Å²) in [7, 11) is 0. The van der Waals surface area contributed by atoms with Crippen molar-refractivity contribution in [3.8, 4) is 0 Å². The van der Waals surface area contributed by atoms with Gasteiger partial charge in [0.05, 0.1) is 5.52 Å². The van der Waals surface area contributed by atoms with E-state index in [4.69, 9.17) is 10.5 Å². The highest BCUT2D eigenvalue weighted by molar-refractivity contribution is 5.85. The zero-order valence-electron chi connectivity index (χ0n) is 16.2. The van der Waals surface area contributed by atoms with Crippen LogP contribution in [-0.2, 0) is 16.0 Å². The average Bonchev–Trinajstić information content (AvgIpc) is 2.55. The number of halogens is 1. The lowest BCUT2D eigenvalue weighted by Crippen LogP contribution is -2.48. The summed E-state index contributed by atoms with van der Waals surface area (Å²) in [5.41, 5.74) is 4.65. The van der Waals surface area contributed by atoms with Crippen LogP contribution < -0.4 is 16.6 Å². The van der Waals surface area contributed by atoms with Crippen LogP contribution in [0.1, 0.15) is 40.2 Å². The molecule has 7 nitrogen and oxygen atoms in total. The molecule has 0 saturated carbocycles. The van der Waals surface area contributed by atoms with E-state index in [1.165, 1.54) is 24.3 Å². The molecule has 8 heteroatoms. The maximum Gasteiger partial charge on any atom is 0.408 e. The van der Waals surface area contributed by atoms with E-state index in [-0.39, 0.29) is 12.0 Å². The molecule has 2 aromatic rings. The number of nitrogens with two attached hydrogens (primary N) is 1. The van der Waals surface area contributed by atoms with Gasteiger partial charge in [0, 0.05) is 12.0 Å². The van der Waals surface area contributed by atoms with E-state index in [0.717, 1.165) is 0 Å². The van der Waals surface area contributed by atoms with E-state index in [1.807, 2.05) is 13.8 Å². The van der Waals surface area contributed by atoms with E-state index in [2.05, 4.69) is 10.3 Å². The molecule has 27 heavy (non-hydrogen) atoms. The highest BCUT2D eigenvalue weighted by atomic mass is 19.1. The molecular weight excluding hydrogens is 353 g/mol. The molecule has 148 valence electrons. The molecule has 0 aliphatic rings. The van der Waals surface area contributed by atoms with Crippen LogP contribution in [0.2, 0.25) is 0 Å². The number of fused-ring (bicyclic) bond motifs is 1. The summed E-state index contributed by atoms with van der Waals surface area (Å²) in [6.07, 6.45) is -0.924. The number of alkyl carbamates (subject to hydrolysis) is 1. The van der Waals surface area contributed by atoms with Gasteiger partial charge in [0.2, 0.25) is 5.91 Å². The van der Waals surface area contributed by atoms with Crippen LogP contribution in [0, 0.1) is 5.82 Å². The van der Waals surface area contributed by atoms with Gasteiger partial charge in [-0.2, -0.15) is 0 Å². The summed E-state index contributed by atoms with van der Waals surface area (Å²) < 4.78 is 18.3. The third-order valence-corrected chi connectivity index (χ3v) is 3.34. The Morgan fingerprint density at radius 1 is 1.26 bits per heavy atom. The number of hydrogen-bond acceptors (Lipinski definition) is 4. The zero-order valence-corrected chi connectivity index (χ0v) is 16.2. The molecule has 0 fully saturated rings. The molecule has 2 rings (SSSR count). The largest absolute Gasteiger partial charge is 0.444 e. The monoisotopic (exact) mass is 379 g/mol. The Morgan fingerprint density at radius 2 is 1.89 bits per heavy atom. The molecule has 4 N–H and O–H groups in total. The number of primary amides is 1. The highest BCUT2D eigenvalue weighted by Crippen LogP contribution is 2.14. The van der Waals surface area contributed by atoms with Crippen LogP contribution in [0.3, 0.4) is 0 Å². The van der Waals surface area contributed by atoms with Gasteiger partial charge in [-0.25, -0.2) is 9.18 Å². The number of H-pyrrole nitrogens is 1. The molecule has 0 saturated heterocycles. The maximum absolute atomic E-state index is 13.2. The van der Waals surface area contributed by atoms with E-state index in [9.17, 15) is 18.8 Å². The minimum atomic E-state index is -1.12. The van der Waals surface area contributed by atoms with Crippen LogP contribution in [0.25, 0.3) is 10.9 Å². The number of ether oxygens (including phenoxy) is 1. The second-order valence-corrected chi connectivity index (χ2v) is 6.66. The van der Waals surface area contributed by atoms with Crippen molar-refractivity contribution in [1.29, 1.82) is 0 Å². The van der Waals surface area contributed by atoms with Crippen LogP contribution in [-0.4, -0.2) is 28.6 Å². The van der Waals surface area contributed by atoms with E-state index in [0.29, 0.717) is 10.9 Å². The fraction of sp³-hybridized carbons (Fsp3) is 0.421. The summed E-state index contributed by atoms with van der Waals surface area (Å²) in [4.78, 5) is 38.1. The second-order valence-electron chi connectivity index (χ2n) is 6.66. The van der Waals surface area contributed by atoms with Crippen molar-refractivity contribution in [3.05, 3.63) is 46.0 Å². The Balaban J connectivity index is 0.00000176. The predicted molar refractivity (Wildman–Crippen MR) is 102 cm³/mol. The van der Waals surface area contributed by atoms with E-state index >= 15 is 0 Å². The first-order valence-electron chi connectivity index (χ1n) is 8.65. The molecular formula is C19H26FN3O4. The van der Waals surface area contributed by atoms with Crippen LogP contribution in [0.5, 0.6) is 0 Å². The van der Waals surface area contributed by atoms with Gasteiger partial charge in [-0.05, 0) is 50.4 Å². The topological polar surface area (TPSA) is 114 Å². The molecule has 2 amide bonds. The fourth-order valence-electron chi connectivity index (χ4n) is 2.26. The number of pyridine rings is 1. The lowest BCUT2D eigenvalue weighted by Gasteiger charge is -2.22. The Bertz CT molecular complexity index is 871. The van der Waals surface area contributed by atoms with Crippen molar-refractivity contribution in [1.82, 2.24) is 10.3 Å². The van der Waals surface area contributed by atoms with Gasteiger partial charge in [0.1, 0.15) is 17.5 Å². The van der Waals surface area contributed by atoms with Crippen molar-refractivity contribution in [2.75, 3.05) is 0 Å². The number of carbonyl (C=O) groups excluding carboxylic acids is 2. The minimum Gasteiger partial charge on any atom is -0.444 e. The standard InChI is InChI=1S/C17H20FN3O4.C2H6/c1-17(2,3)25-16(24)21-13(14(19)22)7-10-6-9-4-5-11(18)8-12(9)20-15(10)23;1-2/h4-6,8,13H,7H2,1-3H3,(H2,19,22)(H,20,23)(H,21,24);1-2H3. The van der Waals surface area contributed by atoms with Gasteiger partial charge in [-0.15, -0.1) is 0 Å². The number of amides is 2. The van der Waals surface area contributed by atoms with Crippen molar-refractivity contribution < 1.29 is 18.7 Å². The summed E-state index contributed by atoms with van der Waals surface area (Å²) in [6.45, 7) is 9.04. The first-order chi connectivity index (χ1) is 12.5. The highest BCUT2D eigenvalue weighted by Gasteiger charge is 2.24. The molecule has 1 aromatic carbocycles. The van der Waals surface area contributed by atoms with Crippen LogP contribution in [0.4, 0.5) is 9.18 Å². The molecule has 0 radical (unpaired) electrons. The Kier molecular flexibility index (Phi) is 7.51. The van der Waals surface area contributed by atoms with Gasteiger partial charge < -0.3 is 20.8 Å². The van der Waals surface area contributed by atoms with E-state index in [1.54, 1.807) is 20.8 Å². The van der Waals surface area contributed by atoms with Crippen molar-refractivity contribution in [2.45, 2.75) is 52.7 Å². The van der Waals surface area contributed by atoms with Gasteiger partial charge in [-0.3, -0.25) is 9.59 Å². The third kappa shape index (κ3) is 6.73. The SMILES string of the molecule is CC.CC(C)(C)OC(=O)NC(Cc1cc2ccc(F)cc2[nH]c1=O)C(N)=O. The van der Waals surface area contributed by atoms with Gasteiger partial charge >= 0.3 is 6.09 Å². The summed E-state index contributed by atoms with van der Waals surface area (Å²) >= 11 is 0. The number of aromatic amines is 1. The number of nitrogens with one attached hydrogen (secondary N) is 2. The lowest BCUT2D eigenvalue weighted by molar-refractivity contribution is -0.120. The quantitative estimate of drug-likeness (QED) is 0.757. The molecule has 0 aliphatic carbocycles. The van der Waals surface area contributed by atoms with Crippen molar-refractivity contribution >= 4 is 22.9 Å². The minimum absolute atomic E-state index is 0.114. The molecule has 0 spiro atoms. The molecule has 1 heterocycles. The van der Waals surface area contributed by atoms with Gasteiger partial charge in [0.15, 0.2) is 0 Å². The number of benzene rings is 1.